The number of ether oxygens (including phenoxy) is 1. The van der Waals surface area contributed by atoms with Gasteiger partial charge in [-0.1, -0.05) is 13.8 Å². The Morgan fingerprint density at radius 1 is 1.25 bits per heavy atom. The number of nitrogens with zero attached hydrogens (tertiary/aromatic N) is 4. The minimum absolute atomic E-state index is 0.276. The number of carbonyl (C=O) groups excluding carboxylic acids is 1. The molecule has 0 radical (unpaired) electrons. The number of rotatable bonds is 4. The summed E-state index contributed by atoms with van der Waals surface area (Å²) in [5, 5.41) is 14.2. The first-order valence-electron chi connectivity index (χ1n) is 10.7. The molecule has 1 atom stereocenters. The van der Waals surface area contributed by atoms with Gasteiger partial charge >= 0.3 is 6.03 Å². The summed E-state index contributed by atoms with van der Waals surface area (Å²) in [5.41, 5.74) is 3.75. The number of fused-ring (bicyclic) bond motifs is 2. The van der Waals surface area contributed by atoms with Crippen LogP contribution in [0.5, 0.6) is 11.6 Å². The molecule has 3 aromatic heterocycles. The molecule has 9 nitrogen and oxygen atoms in total. The molecule has 32 heavy (non-hydrogen) atoms. The van der Waals surface area contributed by atoms with Crippen LogP contribution in [0.15, 0.2) is 42.9 Å². The lowest BCUT2D eigenvalue weighted by Crippen LogP contribution is -2.33. The van der Waals surface area contributed by atoms with Crippen LogP contribution in [0.25, 0.3) is 10.9 Å². The lowest BCUT2D eigenvalue weighted by atomic mass is 10.0. The Morgan fingerprint density at radius 2 is 2.12 bits per heavy atom. The predicted molar refractivity (Wildman–Crippen MR) is 121 cm³/mol. The number of carbonyl (C=O) groups is 1. The lowest BCUT2D eigenvalue weighted by molar-refractivity contribution is 0.254. The van der Waals surface area contributed by atoms with Crippen molar-refractivity contribution in [3.8, 4) is 11.6 Å². The molecule has 1 aliphatic rings. The zero-order valence-corrected chi connectivity index (χ0v) is 18.2. The van der Waals surface area contributed by atoms with Crippen LogP contribution in [0.4, 0.5) is 10.6 Å². The second kappa shape index (κ2) is 8.08. The quantitative estimate of drug-likeness (QED) is 0.447. The second-order valence-electron chi connectivity index (χ2n) is 8.39. The van der Waals surface area contributed by atoms with Gasteiger partial charge in [0.05, 0.1) is 11.2 Å². The van der Waals surface area contributed by atoms with Gasteiger partial charge in [-0.05, 0) is 43.5 Å². The van der Waals surface area contributed by atoms with E-state index in [4.69, 9.17) is 4.74 Å². The first-order chi connectivity index (χ1) is 15.5. The molecule has 5 rings (SSSR count). The van der Waals surface area contributed by atoms with Crippen molar-refractivity contribution >= 4 is 22.8 Å². The maximum atomic E-state index is 12.8. The Balaban J connectivity index is 1.37. The predicted octanol–water partition coefficient (Wildman–Crippen LogP) is 4.18. The van der Waals surface area contributed by atoms with Crippen LogP contribution in [0, 0.1) is 0 Å². The monoisotopic (exact) mass is 431 g/mol. The smallest absolute Gasteiger partial charge is 0.331 e. The summed E-state index contributed by atoms with van der Waals surface area (Å²) < 4.78 is 7.68. The topological polar surface area (TPSA) is 110 Å². The van der Waals surface area contributed by atoms with Crippen LogP contribution in [-0.2, 0) is 13.0 Å². The van der Waals surface area contributed by atoms with Crippen molar-refractivity contribution in [2.45, 2.75) is 45.7 Å². The van der Waals surface area contributed by atoms with E-state index in [0.29, 0.717) is 36.0 Å². The normalized spacial score (nSPS) is 15.7. The van der Waals surface area contributed by atoms with Crippen molar-refractivity contribution in [3.63, 3.8) is 0 Å². The third kappa shape index (κ3) is 3.82. The number of anilines is 1. The van der Waals surface area contributed by atoms with Gasteiger partial charge in [0.2, 0.25) is 5.88 Å². The van der Waals surface area contributed by atoms with Gasteiger partial charge in [-0.15, -0.1) is 0 Å². The zero-order chi connectivity index (χ0) is 22.2. The molecule has 0 aliphatic carbocycles. The fourth-order valence-electron chi connectivity index (χ4n) is 3.86. The van der Waals surface area contributed by atoms with Gasteiger partial charge in [-0.2, -0.15) is 5.10 Å². The molecule has 0 saturated heterocycles. The molecule has 4 heterocycles. The van der Waals surface area contributed by atoms with Crippen LogP contribution in [0.3, 0.4) is 0 Å². The number of nitrogens with one attached hydrogen (secondary N) is 3. The van der Waals surface area contributed by atoms with E-state index in [2.05, 4.69) is 51.6 Å². The van der Waals surface area contributed by atoms with E-state index in [1.165, 1.54) is 6.33 Å². The Bertz CT molecular complexity index is 1290. The molecule has 0 unspecified atom stereocenters. The van der Waals surface area contributed by atoms with E-state index in [0.717, 1.165) is 34.3 Å². The number of hydrogen-bond acceptors (Lipinski definition) is 6. The Morgan fingerprint density at radius 3 is 2.94 bits per heavy atom. The largest absolute Gasteiger partial charge is 0.439 e. The van der Waals surface area contributed by atoms with Gasteiger partial charge in [0.1, 0.15) is 12.1 Å². The van der Waals surface area contributed by atoms with Crippen LogP contribution in [0.2, 0.25) is 0 Å². The molecule has 1 aromatic carbocycles. The first-order valence-corrected chi connectivity index (χ1v) is 10.7. The summed E-state index contributed by atoms with van der Waals surface area (Å²) in [6, 6.07) is 9.41. The number of benzene rings is 1. The van der Waals surface area contributed by atoms with Gasteiger partial charge in [0.15, 0.2) is 5.82 Å². The number of hydrogen-bond donors (Lipinski definition) is 3. The maximum absolute atomic E-state index is 12.8. The Hall–Kier alpha value is -3.72. The minimum Gasteiger partial charge on any atom is -0.439 e. The molecular weight excluding hydrogens is 406 g/mol. The summed E-state index contributed by atoms with van der Waals surface area (Å²) in [5.74, 6) is 2.05. The summed E-state index contributed by atoms with van der Waals surface area (Å²) in [4.78, 5) is 21.5. The fourth-order valence-corrected chi connectivity index (χ4v) is 3.86. The van der Waals surface area contributed by atoms with Gasteiger partial charge in [-0.3, -0.25) is 15.0 Å². The molecule has 164 valence electrons. The van der Waals surface area contributed by atoms with Crippen LogP contribution in [0.1, 0.15) is 43.6 Å². The van der Waals surface area contributed by atoms with Gasteiger partial charge < -0.3 is 10.1 Å². The van der Waals surface area contributed by atoms with Crippen LogP contribution in [-0.4, -0.2) is 36.8 Å². The van der Waals surface area contributed by atoms with Gasteiger partial charge in [0, 0.05) is 41.5 Å². The number of amides is 1. The molecule has 1 amide bonds. The average Bonchev–Trinajstić information content (AvgIpc) is 3.41. The molecular formula is C23H25N7O2. The fraction of sp³-hybridized carbons (Fsp3) is 0.304. The van der Waals surface area contributed by atoms with Gasteiger partial charge in [0.25, 0.3) is 0 Å². The van der Waals surface area contributed by atoms with Crippen molar-refractivity contribution in [2.75, 3.05) is 5.32 Å². The molecule has 4 aromatic rings. The molecule has 0 saturated carbocycles. The van der Waals surface area contributed by atoms with Crippen LogP contribution < -0.4 is 15.4 Å². The SMILES string of the molecule is CC(C)c1cc(NC(=O)n2ccc3cc(Oc4ncnc5c4C[C@H](C)NC5)ccc32)n[nH]1. The van der Waals surface area contributed by atoms with E-state index in [1.54, 1.807) is 10.8 Å². The summed E-state index contributed by atoms with van der Waals surface area (Å²) >= 11 is 0. The van der Waals surface area contributed by atoms with Crippen molar-refractivity contribution in [1.29, 1.82) is 0 Å². The van der Waals surface area contributed by atoms with E-state index in [1.807, 2.05) is 30.3 Å². The number of aromatic nitrogens is 5. The lowest BCUT2D eigenvalue weighted by Gasteiger charge is -2.23. The van der Waals surface area contributed by atoms with E-state index in [9.17, 15) is 4.79 Å². The van der Waals surface area contributed by atoms with E-state index in [-0.39, 0.29) is 6.03 Å². The summed E-state index contributed by atoms with van der Waals surface area (Å²) in [6.45, 7) is 6.97. The molecule has 3 N–H and O–H groups in total. The molecule has 0 bridgehead atoms. The van der Waals surface area contributed by atoms with Crippen molar-refractivity contribution in [2.24, 2.45) is 0 Å². The van der Waals surface area contributed by atoms with Crippen molar-refractivity contribution < 1.29 is 9.53 Å². The molecule has 0 spiro atoms. The zero-order valence-electron chi connectivity index (χ0n) is 18.2. The highest BCUT2D eigenvalue weighted by atomic mass is 16.5. The highest BCUT2D eigenvalue weighted by molar-refractivity contribution is 5.98. The molecule has 9 heteroatoms. The van der Waals surface area contributed by atoms with Crippen molar-refractivity contribution in [3.05, 3.63) is 59.8 Å². The first kappa shape index (κ1) is 20.2. The average molecular weight is 432 g/mol. The molecule has 0 fully saturated rings. The van der Waals surface area contributed by atoms with Crippen LogP contribution >= 0.6 is 0 Å². The van der Waals surface area contributed by atoms with E-state index >= 15 is 0 Å². The maximum Gasteiger partial charge on any atom is 0.331 e. The third-order valence-corrected chi connectivity index (χ3v) is 5.67. The third-order valence-electron chi connectivity index (χ3n) is 5.67. The second-order valence-corrected chi connectivity index (χ2v) is 8.39. The number of H-pyrrole nitrogens is 1. The summed E-state index contributed by atoms with van der Waals surface area (Å²) in [6.07, 6.45) is 4.08. The highest BCUT2D eigenvalue weighted by Gasteiger charge is 2.21. The standard InChI is InChI=1S/C23H25N7O2/c1-13(2)18-10-21(29-28-18)27-23(31)30-7-6-15-9-16(4-5-20(15)30)32-22-17-8-14(3)24-11-19(17)25-12-26-22/h4-7,9-10,12-14,24H,8,11H2,1-3H3,(H2,27,28,29,31)/t14-/m0/s1. The Kier molecular flexibility index (Phi) is 5.10. The van der Waals surface area contributed by atoms with Gasteiger partial charge in [-0.25, -0.2) is 14.8 Å². The summed E-state index contributed by atoms with van der Waals surface area (Å²) in [7, 11) is 0. The molecule has 1 aliphatic heterocycles. The minimum atomic E-state index is -0.276. The van der Waals surface area contributed by atoms with E-state index < -0.39 is 0 Å². The highest BCUT2D eigenvalue weighted by Crippen LogP contribution is 2.30. The Labute approximate surface area is 185 Å². The number of aromatic amines is 1. The van der Waals surface area contributed by atoms with Crippen molar-refractivity contribution in [1.82, 2.24) is 30.0 Å².